The fraction of sp³-hybridized carbons (Fsp3) is 0.667. The predicted molar refractivity (Wildman–Crippen MR) is 68.1 cm³/mol. The van der Waals surface area contributed by atoms with Crippen LogP contribution in [-0.4, -0.2) is 16.1 Å². The summed E-state index contributed by atoms with van der Waals surface area (Å²) < 4.78 is 5.91. The molecule has 0 aliphatic heterocycles. The minimum atomic E-state index is 0.202. The molecule has 0 radical (unpaired) electrons. The van der Waals surface area contributed by atoms with Crippen LogP contribution in [0.1, 0.15) is 39.0 Å². The highest BCUT2D eigenvalue weighted by atomic mass is 35.5. The number of rotatable bonds is 3. The third-order valence-electron chi connectivity index (χ3n) is 3.36. The second-order valence-electron chi connectivity index (χ2n) is 4.49. The molecule has 0 aromatic carbocycles. The molecule has 0 amide bonds. The first-order valence-corrected chi connectivity index (χ1v) is 6.53. The lowest BCUT2D eigenvalue weighted by atomic mass is 9.85. The third-order valence-corrected chi connectivity index (χ3v) is 3.62. The number of anilines is 1. The maximum Gasteiger partial charge on any atom is 0.237 e. The van der Waals surface area contributed by atoms with E-state index in [0.717, 1.165) is 12.8 Å². The Bertz CT molecular complexity index is 386. The van der Waals surface area contributed by atoms with Gasteiger partial charge in [-0.1, -0.05) is 24.9 Å². The van der Waals surface area contributed by atoms with Gasteiger partial charge in [0.2, 0.25) is 11.8 Å². The van der Waals surface area contributed by atoms with Crippen LogP contribution < -0.4 is 10.5 Å². The zero-order valence-electron chi connectivity index (χ0n) is 10.0. The molecule has 4 nitrogen and oxygen atoms in total. The Balaban J connectivity index is 2.10. The minimum Gasteiger partial charge on any atom is -0.473 e. The number of hydrogen-bond acceptors (Lipinski definition) is 4. The van der Waals surface area contributed by atoms with Crippen LogP contribution in [0.25, 0.3) is 0 Å². The van der Waals surface area contributed by atoms with Crippen molar-refractivity contribution in [3.05, 3.63) is 11.2 Å². The van der Waals surface area contributed by atoms with Crippen LogP contribution in [0.3, 0.4) is 0 Å². The Morgan fingerprint density at radius 1 is 1.47 bits per heavy atom. The summed E-state index contributed by atoms with van der Waals surface area (Å²) in [6.45, 7) is 2.20. The van der Waals surface area contributed by atoms with E-state index in [1.165, 1.54) is 25.5 Å². The van der Waals surface area contributed by atoms with Gasteiger partial charge in [0.15, 0.2) is 0 Å². The molecule has 0 spiro atoms. The van der Waals surface area contributed by atoms with Gasteiger partial charge in [0.05, 0.1) is 6.20 Å². The number of ether oxygens (including phenoxy) is 1. The summed E-state index contributed by atoms with van der Waals surface area (Å²) in [7, 11) is 0. The van der Waals surface area contributed by atoms with Gasteiger partial charge in [0.1, 0.15) is 11.1 Å². The summed E-state index contributed by atoms with van der Waals surface area (Å²) in [5, 5.41) is 0.430. The van der Waals surface area contributed by atoms with Gasteiger partial charge in [-0.05, 0) is 31.6 Å². The van der Waals surface area contributed by atoms with Gasteiger partial charge in [-0.15, -0.1) is 0 Å². The number of nitrogens with two attached hydrogens (primary N) is 1. The van der Waals surface area contributed by atoms with Crippen LogP contribution >= 0.6 is 11.6 Å². The van der Waals surface area contributed by atoms with Crippen molar-refractivity contribution >= 4 is 17.5 Å². The fourth-order valence-electron chi connectivity index (χ4n) is 2.39. The summed E-state index contributed by atoms with van der Waals surface area (Å²) in [6, 6.07) is 0. The zero-order valence-corrected chi connectivity index (χ0v) is 10.8. The minimum absolute atomic E-state index is 0.202. The summed E-state index contributed by atoms with van der Waals surface area (Å²) in [5.74, 6) is 1.22. The van der Waals surface area contributed by atoms with E-state index in [2.05, 4.69) is 16.9 Å². The van der Waals surface area contributed by atoms with Gasteiger partial charge in [-0.25, -0.2) is 4.98 Å². The Morgan fingerprint density at radius 3 is 3.00 bits per heavy atom. The van der Waals surface area contributed by atoms with Gasteiger partial charge in [-0.2, -0.15) is 4.98 Å². The highest BCUT2D eigenvalue weighted by molar-refractivity contribution is 6.31. The van der Waals surface area contributed by atoms with E-state index in [9.17, 15) is 0 Å². The van der Waals surface area contributed by atoms with Crippen LogP contribution in [0.2, 0.25) is 5.02 Å². The first-order valence-electron chi connectivity index (χ1n) is 6.15. The van der Waals surface area contributed by atoms with E-state index in [1.54, 1.807) is 0 Å². The van der Waals surface area contributed by atoms with Gasteiger partial charge in [0, 0.05) is 0 Å². The number of hydrogen-bond donors (Lipinski definition) is 1. The normalized spacial score (nSPS) is 24.6. The van der Waals surface area contributed by atoms with E-state index < -0.39 is 0 Å². The van der Waals surface area contributed by atoms with E-state index in [-0.39, 0.29) is 12.1 Å². The fourth-order valence-corrected chi connectivity index (χ4v) is 2.52. The number of halogens is 1. The van der Waals surface area contributed by atoms with E-state index >= 15 is 0 Å². The van der Waals surface area contributed by atoms with Crippen molar-refractivity contribution in [2.75, 3.05) is 5.73 Å². The molecular formula is C12H18ClN3O. The molecule has 0 bridgehead atoms. The summed E-state index contributed by atoms with van der Waals surface area (Å²) in [6.07, 6.45) is 7.61. The molecule has 1 aromatic heterocycles. The van der Waals surface area contributed by atoms with Crippen molar-refractivity contribution in [2.45, 2.75) is 45.1 Å². The monoisotopic (exact) mass is 255 g/mol. The molecule has 94 valence electrons. The molecule has 1 fully saturated rings. The van der Waals surface area contributed by atoms with E-state index in [4.69, 9.17) is 22.1 Å². The first-order chi connectivity index (χ1) is 8.20. The Labute approximate surface area is 107 Å². The summed E-state index contributed by atoms with van der Waals surface area (Å²) in [4.78, 5) is 7.87. The SMILES string of the molecule is CCC1CCCCC1Oc1nc(N)ncc1Cl. The molecule has 2 N–H and O–H groups in total. The number of aromatic nitrogens is 2. The lowest BCUT2D eigenvalue weighted by molar-refractivity contribution is 0.0860. The third kappa shape index (κ3) is 3.00. The highest BCUT2D eigenvalue weighted by Gasteiger charge is 2.26. The maximum absolute atomic E-state index is 6.00. The quantitative estimate of drug-likeness (QED) is 0.902. The lowest BCUT2D eigenvalue weighted by Gasteiger charge is -2.30. The van der Waals surface area contributed by atoms with Crippen molar-refractivity contribution in [1.29, 1.82) is 0 Å². The number of nitrogens with zero attached hydrogens (tertiary/aromatic N) is 2. The Kier molecular flexibility index (Phi) is 4.05. The van der Waals surface area contributed by atoms with Crippen LogP contribution in [0.5, 0.6) is 5.88 Å². The van der Waals surface area contributed by atoms with Gasteiger partial charge in [0.25, 0.3) is 0 Å². The standard InChI is InChI=1S/C12H18ClN3O/c1-2-8-5-3-4-6-10(8)17-11-9(13)7-15-12(14)16-11/h7-8,10H,2-6H2,1H3,(H2,14,15,16). The molecule has 2 atom stereocenters. The van der Waals surface area contributed by atoms with Crippen LogP contribution in [0.4, 0.5) is 5.95 Å². The van der Waals surface area contributed by atoms with Crippen LogP contribution in [0.15, 0.2) is 6.20 Å². The predicted octanol–water partition coefficient (Wildman–Crippen LogP) is 3.06. The second-order valence-corrected chi connectivity index (χ2v) is 4.90. The molecule has 1 aliphatic carbocycles. The lowest BCUT2D eigenvalue weighted by Crippen LogP contribution is -2.30. The first kappa shape index (κ1) is 12.4. The Hall–Kier alpha value is -1.03. The summed E-state index contributed by atoms with van der Waals surface area (Å²) >= 11 is 6.00. The van der Waals surface area contributed by atoms with Crippen molar-refractivity contribution in [2.24, 2.45) is 5.92 Å². The topological polar surface area (TPSA) is 61.0 Å². The van der Waals surface area contributed by atoms with Gasteiger partial charge >= 0.3 is 0 Å². The average molecular weight is 256 g/mol. The largest absolute Gasteiger partial charge is 0.473 e. The molecule has 1 aliphatic rings. The summed E-state index contributed by atoms with van der Waals surface area (Å²) in [5.41, 5.74) is 5.54. The van der Waals surface area contributed by atoms with Crippen molar-refractivity contribution in [3.63, 3.8) is 0 Å². The molecule has 1 saturated carbocycles. The maximum atomic E-state index is 6.00. The Morgan fingerprint density at radius 2 is 2.24 bits per heavy atom. The average Bonchev–Trinajstić information content (AvgIpc) is 2.34. The van der Waals surface area contributed by atoms with E-state index in [1.807, 2.05) is 0 Å². The van der Waals surface area contributed by atoms with Crippen LogP contribution in [-0.2, 0) is 0 Å². The molecular weight excluding hydrogens is 238 g/mol. The van der Waals surface area contributed by atoms with Crippen molar-refractivity contribution < 1.29 is 4.74 Å². The van der Waals surface area contributed by atoms with Gasteiger partial charge in [-0.3, -0.25) is 0 Å². The molecule has 2 unspecified atom stereocenters. The molecule has 5 heteroatoms. The smallest absolute Gasteiger partial charge is 0.237 e. The molecule has 0 saturated heterocycles. The number of nitrogen functional groups attached to an aromatic ring is 1. The molecule has 17 heavy (non-hydrogen) atoms. The van der Waals surface area contributed by atoms with Gasteiger partial charge < -0.3 is 10.5 Å². The molecule has 1 heterocycles. The zero-order chi connectivity index (χ0) is 12.3. The van der Waals surface area contributed by atoms with Crippen LogP contribution in [0, 0.1) is 5.92 Å². The van der Waals surface area contributed by atoms with E-state index in [0.29, 0.717) is 16.8 Å². The van der Waals surface area contributed by atoms with Crippen molar-refractivity contribution in [3.8, 4) is 5.88 Å². The highest BCUT2D eigenvalue weighted by Crippen LogP contribution is 2.32. The molecule has 1 aromatic rings. The molecule has 2 rings (SSSR count). The second kappa shape index (κ2) is 5.54. The van der Waals surface area contributed by atoms with Crippen molar-refractivity contribution in [1.82, 2.24) is 9.97 Å².